The van der Waals surface area contributed by atoms with Gasteiger partial charge in [-0.2, -0.15) is 0 Å². The lowest BCUT2D eigenvalue weighted by Gasteiger charge is -2.14. The van der Waals surface area contributed by atoms with Crippen molar-refractivity contribution in [2.45, 2.75) is 39.8 Å². The van der Waals surface area contributed by atoms with Crippen molar-refractivity contribution in [1.29, 1.82) is 0 Å². The van der Waals surface area contributed by atoms with E-state index in [9.17, 15) is 4.79 Å². The van der Waals surface area contributed by atoms with Crippen LogP contribution in [0.4, 0.5) is 0 Å². The molecule has 1 aromatic carbocycles. The minimum atomic E-state index is -0.0853. The van der Waals surface area contributed by atoms with Crippen molar-refractivity contribution in [2.75, 3.05) is 0 Å². The fraction of sp³-hybridized carbons (Fsp3) is 0.375. The number of carbonyl (C=O) groups excluding carboxylic acids is 1. The molecular weight excluding hydrogens is 302 g/mol. The zero-order valence-corrected chi connectivity index (χ0v) is 13.9. The summed E-state index contributed by atoms with van der Waals surface area (Å²) in [6.07, 6.45) is 0.702. The average Bonchev–Trinajstić information content (AvgIpc) is 2.79. The number of hydrogen-bond acceptors (Lipinski definition) is 4. The highest BCUT2D eigenvalue weighted by Gasteiger charge is 2.15. The van der Waals surface area contributed by atoms with E-state index in [1.807, 2.05) is 32.9 Å². The van der Waals surface area contributed by atoms with Crippen molar-refractivity contribution in [3.05, 3.63) is 52.4 Å². The number of aryl methyl sites for hydroxylation is 2. The molecule has 0 radical (unpaired) electrons. The molecule has 0 aliphatic heterocycles. The van der Waals surface area contributed by atoms with E-state index in [2.05, 4.69) is 10.5 Å². The maximum atomic E-state index is 12.2. The van der Waals surface area contributed by atoms with Crippen LogP contribution in [0.5, 0.6) is 0 Å². The summed E-state index contributed by atoms with van der Waals surface area (Å²) < 4.78 is 5.14. The fourth-order valence-corrected chi connectivity index (χ4v) is 2.25. The van der Waals surface area contributed by atoms with Gasteiger partial charge in [0.15, 0.2) is 0 Å². The van der Waals surface area contributed by atoms with Gasteiger partial charge in [-0.05, 0) is 44.9 Å². The number of carbonyl (C=O) groups is 1. The van der Waals surface area contributed by atoms with Crippen molar-refractivity contribution in [3.63, 3.8) is 0 Å². The van der Waals surface area contributed by atoms with Gasteiger partial charge in [-0.3, -0.25) is 4.79 Å². The summed E-state index contributed by atoms with van der Waals surface area (Å²) >= 11 is 0. The Balaban J connectivity index is 0.00000242. The number of amides is 1. The Hall–Kier alpha value is -1.85. The van der Waals surface area contributed by atoms with E-state index in [0.29, 0.717) is 18.5 Å². The van der Waals surface area contributed by atoms with Crippen LogP contribution >= 0.6 is 12.4 Å². The van der Waals surface area contributed by atoms with Crippen molar-refractivity contribution in [2.24, 2.45) is 5.73 Å². The number of aromatic nitrogens is 1. The molecule has 1 heterocycles. The lowest BCUT2D eigenvalue weighted by molar-refractivity contribution is 0.0940. The van der Waals surface area contributed by atoms with Crippen LogP contribution in [-0.2, 0) is 13.0 Å². The third-order valence-corrected chi connectivity index (χ3v) is 3.52. The Morgan fingerprint density at radius 2 is 1.95 bits per heavy atom. The maximum absolute atomic E-state index is 12.2. The van der Waals surface area contributed by atoms with Gasteiger partial charge in [0.05, 0.1) is 5.69 Å². The summed E-state index contributed by atoms with van der Waals surface area (Å²) in [4.78, 5) is 12.2. The zero-order chi connectivity index (χ0) is 15.4. The molecule has 1 atom stereocenters. The quantitative estimate of drug-likeness (QED) is 0.886. The van der Waals surface area contributed by atoms with Gasteiger partial charge in [0.25, 0.3) is 5.91 Å². The molecule has 6 heteroatoms. The van der Waals surface area contributed by atoms with Gasteiger partial charge in [0.2, 0.25) is 0 Å². The molecular formula is C16H22ClN3O2. The first-order chi connectivity index (χ1) is 10.0. The van der Waals surface area contributed by atoms with Crippen LogP contribution in [0, 0.1) is 13.8 Å². The molecule has 0 aliphatic carbocycles. The minimum absolute atomic E-state index is 0. The number of nitrogens with one attached hydrogen (secondary N) is 1. The molecule has 0 saturated carbocycles. The smallest absolute Gasteiger partial charge is 0.251 e. The Morgan fingerprint density at radius 1 is 1.32 bits per heavy atom. The molecule has 2 rings (SSSR count). The molecule has 22 heavy (non-hydrogen) atoms. The van der Waals surface area contributed by atoms with Crippen LogP contribution in [-0.4, -0.2) is 17.1 Å². The van der Waals surface area contributed by atoms with Crippen LogP contribution in [0.3, 0.4) is 0 Å². The molecule has 3 N–H and O–H groups in total. The van der Waals surface area contributed by atoms with Crippen LogP contribution < -0.4 is 11.1 Å². The summed E-state index contributed by atoms with van der Waals surface area (Å²) in [6, 6.07) is 7.32. The molecule has 2 aromatic rings. The lowest BCUT2D eigenvalue weighted by Crippen LogP contribution is -2.34. The van der Waals surface area contributed by atoms with Gasteiger partial charge >= 0.3 is 0 Å². The van der Waals surface area contributed by atoms with Gasteiger partial charge in [-0.15, -0.1) is 12.4 Å². The predicted octanol–water partition coefficient (Wildman–Crippen LogP) is 2.53. The Labute approximate surface area is 136 Å². The first-order valence-corrected chi connectivity index (χ1v) is 7.03. The average molecular weight is 324 g/mol. The van der Waals surface area contributed by atoms with Crippen LogP contribution in [0.15, 0.2) is 28.8 Å². The predicted molar refractivity (Wildman–Crippen MR) is 88.2 cm³/mol. The van der Waals surface area contributed by atoms with Crippen LogP contribution in [0.25, 0.3) is 0 Å². The molecule has 0 aliphatic rings. The van der Waals surface area contributed by atoms with E-state index in [1.54, 1.807) is 12.1 Å². The molecule has 1 amide bonds. The minimum Gasteiger partial charge on any atom is -0.361 e. The molecule has 0 saturated heterocycles. The maximum Gasteiger partial charge on any atom is 0.251 e. The number of benzene rings is 1. The van der Waals surface area contributed by atoms with Crippen LogP contribution in [0.2, 0.25) is 0 Å². The van der Waals surface area contributed by atoms with Gasteiger partial charge in [-0.25, -0.2) is 0 Å². The summed E-state index contributed by atoms with van der Waals surface area (Å²) in [6.45, 7) is 6.24. The van der Waals surface area contributed by atoms with Crippen molar-refractivity contribution >= 4 is 18.3 Å². The number of rotatable bonds is 5. The monoisotopic (exact) mass is 323 g/mol. The second kappa shape index (κ2) is 7.96. The van der Waals surface area contributed by atoms with E-state index >= 15 is 0 Å². The standard InChI is InChI=1S/C16H21N3O2.ClH/c1-10(8-15-11(2)19-21-12(15)3)18-16(20)14-6-4-13(9-17)5-7-14;/h4-7,10H,8-9,17H2,1-3H3,(H,18,20);1H. The van der Waals surface area contributed by atoms with E-state index in [4.69, 9.17) is 10.3 Å². The first-order valence-electron chi connectivity index (χ1n) is 7.03. The SMILES string of the molecule is Cc1noc(C)c1CC(C)NC(=O)c1ccc(CN)cc1.Cl. The molecule has 5 nitrogen and oxygen atoms in total. The van der Waals surface area contributed by atoms with E-state index < -0.39 is 0 Å². The Morgan fingerprint density at radius 3 is 2.45 bits per heavy atom. The fourth-order valence-electron chi connectivity index (χ4n) is 2.25. The molecule has 0 spiro atoms. The van der Waals surface area contributed by atoms with Gasteiger partial charge in [0, 0.05) is 23.7 Å². The number of hydrogen-bond donors (Lipinski definition) is 2. The molecule has 0 fully saturated rings. The van der Waals surface area contributed by atoms with Crippen LogP contribution in [0.1, 0.15) is 39.9 Å². The summed E-state index contributed by atoms with van der Waals surface area (Å²) in [5.74, 6) is 0.721. The summed E-state index contributed by atoms with van der Waals surface area (Å²) in [5, 5.41) is 6.91. The summed E-state index contributed by atoms with van der Waals surface area (Å²) in [5.41, 5.74) is 9.12. The lowest BCUT2D eigenvalue weighted by atomic mass is 10.0. The highest BCUT2D eigenvalue weighted by molar-refractivity contribution is 5.94. The van der Waals surface area contributed by atoms with Gasteiger partial charge < -0.3 is 15.6 Å². The van der Waals surface area contributed by atoms with E-state index in [-0.39, 0.29) is 24.4 Å². The highest BCUT2D eigenvalue weighted by Crippen LogP contribution is 2.14. The third-order valence-electron chi connectivity index (χ3n) is 3.52. The molecule has 120 valence electrons. The van der Waals surface area contributed by atoms with Crippen molar-refractivity contribution in [3.8, 4) is 0 Å². The van der Waals surface area contributed by atoms with Crippen molar-refractivity contribution in [1.82, 2.24) is 10.5 Å². The summed E-state index contributed by atoms with van der Waals surface area (Å²) in [7, 11) is 0. The largest absolute Gasteiger partial charge is 0.361 e. The number of nitrogens with zero attached hydrogens (tertiary/aromatic N) is 1. The van der Waals surface area contributed by atoms with E-state index in [0.717, 1.165) is 22.6 Å². The van der Waals surface area contributed by atoms with Gasteiger partial charge in [0.1, 0.15) is 5.76 Å². The first kappa shape index (κ1) is 18.2. The van der Waals surface area contributed by atoms with Gasteiger partial charge in [-0.1, -0.05) is 17.3 Å². The Kier molecular flexibility index (Phi) is 6.59. The molecule has 1 aromatic heterocycles. The number of nitrogens with two attached hydrogens (primary N) is 1. The molecule has 0 bridgehead atoms. The van der Waals surface area contributed by atoms with E-state index in [1.165, 1.54) is 0 Å². The zero-order valence-electron chi connectivity index (χ0n) is 13.1. The second-order valence-corrected chi connectivity index (χ2v) is 5.28. The molecule has 1 unspecified atom stereocenters. The normalized spacial score (nSPS) is 11.6. The second-order valence-electron chi connectivity index (χ2n) is 5.28. The Bertz CT molecular complexity index is 603. The topological polar surface area (TPSA) is 81.2 Å². The van der Waals surface area contributed by atoms with Crippen molar-refractivity contribution < 1.29 is 9.32 Å². The highest BCUT2D eigenvalue weighted by atomic mass is 35.5. The third kappa shape index (κ3) is 4.32. The number of halogens is 1.